The van der Waals surface area contributed by atoms with Crippen LogP contribution in [-0.2, 0) is 17.9 Å². The highest BCUT2D eigenvalue weighted by molar-refractivity contribution is 9.10. The van der Waals surface area contributed by atoms with E-state index in [2.05, 4.69) is 36.4 Å². The molecule has 3 aromatic rings. The summed E-state index contributed by atoms with van der Waals surface area (Å²) in [5, 5.41) is 11.7. The van der Waals surface area contributed by atoms with Gasteiger partial charge in [-0.1, -0.05) is 29.8 Å². The average Bonchev–Trinajstić information content (AvgIpc) is 3.17. The molecular formula is C15H14BrClN6O. The molecule has 7 nitrogen and oxygen atoms in total. The molecule has 9 heteroatoms. The molecule has 0 atom stereocenters. The SMILES string of the molecule is O=C(CCn1cc(Br)cn1)Nc1ncn(Cc2ccccc2Cl)n1. The van der Waals surface area contributed by atoms with E-state index < -0.39 is 0 Å². The summed E-state index contributed by atoms with van der Waals surface area (Å²) in [6.07, 6.45) is 5.33. The van der Waals surface area contributed by atoms with E-state index in [1.165, 1.54) is 0 Å². The minimum absolute atomic E-state index is 0.169. The highest BCUT2D eigenvalue weighted by Crippen LogP contribution is 2.16. The Morgan fingerprint density at radius 2 is 2.12 bits per heavy atom. The Hall–Kier alpha value is -2.19. The summed E-state index contributed by atoms with van der Waals surface area (Å²) in [5.41, 5.74) is 0.936. The summed E-state index contributed by atoms with van der Waals surface area (Å²) in [7, 11) is 0. The van der Waals surface area contributed by atoms with Gasteiger partial charge in [0.1, 0.15) is 6.33 Å². The molecule has 0 bridgehead atoms. The molecule has 0 aliphatic rings. The van der Waals surface area contributed by atoms with Crippen LogP contribution in [0.4, 0.5) is 5.95 Å². The first kappa shape index (κ1) is 16.7. The largest absolute Gasteiger partial charge is 0.293 e. The van der Waals surface area contributed by atoms with E-state index in [0.717, 1.165) is 10.0 Å². The number of nitrogens with one attached hydrogen (secondary N) is 1. The average molecular weight is 410 g/mol. The zero-order valence-electron chi connectivity index (χ0n) is 12.6. The van der Waals surface area contributed by atoms with Gasteiger partial charge in [-0.25, -0.2) is 9.67 Å². The van der Waals surface area contributed by atoms with Crippen LogP contribution in [0.15, 0.2) is 47.5 Å². The van der Waals surface area contributed by atoms with E-state index in [1.54, 1.807) is 21.9 Å². The van der Waals surface area contributed by atoms with Crippen LogP contribution in [0.25, 0.3) is 0 Å². The second-order valence-corrected chi connectivity index (χ2v) is 6.40. The molecule has 0 radical (unpaired) electrons. The summed E-state index contributed by atoms with van der Waals surface area (Å²) in [4.78, 5) is 16.0. The molecule has 3 rings (SSSR count). The van der Waals surface area contributed by atoms with Gasteiger partial charge in [-0.15, -0.1) is 5.10 Å². The fourth-order valence-electron chi connectivity index (χ4n) is 2.09. The topological polar surface area (TPSA) is 77.6 Å². The summed E-state index contributed by atoms with van der Waals surface area (Å²) in [6, 6.07) is 7.53. The number of amides is 1. The molecule has 1 N–H and O–H groups in total. The molecule has 1 aromatic carbocycles. The molecule has 0 fully saturated rings. The molecule has 2 aromatic heterocycles. The van der Waals surface area contributed by atoms with E-state index in [-0.39, 0.29) is 18.3 Å². The first-order chi connectivity index (χ1) is 11.6. The number of carbonyl (C=O) groups is 1. The van der Waals surface area contributed by atoms with Crippen molar-refractivity contribution in [3.8, 4) is 0 Å². The Bertz CT molecular complexity index is 846. The molecule has 1 amide bonds. The van der Waals surface area contributed by atoms with E-state index >= 15 is 0 Å². The minimum Gasteiger partial charge on any atom is -0.293 e. The fraction of sp³-hybridized carbons (Fsp3) is 0.200. The van der Waals surface area contributed by atoms with Crippen LogP contribution in [0, 0.1) is 0 Å². The Morgan fingerprint density at radius 3 is 2.88 bits per heavy atom. The van der Waals surface area contributed by atoms with Crippen LogP contribution in [0.2, 0.25) is 5.02 Å². The third-order valence-electron chi connectivity index (χ3n) is 3.25. The number of anilines is 1. The Morgan fingerprint density at radius 1 is 1.29 bits per heavy atom. The van der Waals surface area contributed by atoms with Crippen LogP contribution in [0.5, 0.6) is 0 Å². The van der Waals surface area contributed by atoms with Crippen molar-refractivity contribution in [1.82, 2.24) is 24.5 Å². The lowest BCUT2D eigenvalue weighted by Gasteiger charge is -2.03. The van der Waals surface area contributed by atoms with Crippen molar-refractivity contribution in [1.29, 1.82) is 0 Å². The van der Waals surface area contributed by atoms with Crippen molar-refractivity contribution in [2.24, 2.45) is 0 Å². The number of halogens is 2. The second-order valence-electron chi connectivity index (χ2n) is 5.08. The van der Waals surface area contributed by atoms with Gasteiger partial charge in [0, 0.05) is 24.2 Å². The van der Waals surface area contributed by atoms with Gasteiger partial charge in [0.15, 0.2) is 0 Å². The lowest BCUT2D eigenvalue weighted by molar-refractivity contribution is -0.116. The summed E-state index contributed by atoms with van der Waals surface area (Å²) in [5.74, 6) is 0.103. The van der Waals surface area contributed by atoms with Crippen molar-refractivity contribution >= 4 is 39.4 Å². The number of aromatic nitrogens is 5. The smallest absolute Gasteiger partial charge is 0.248 e. The molecular weight excluding hydrogens is 396 g/mol. The highest BCUT2D eigenvalue weighted by Gasteiger charge is 2.08. The number of hydrogen-bond donors (Lipinski definition) is 1. The third-order valence-corrected chi connectivity index (χ3v) is 4.03. The van der Waals surface area contributed by atoms with Crippen LogP contribution in [-0.4, -0.2) is 30.5 Å². The number of nitrogens with zero attached hydrogens (tertiary/aromatic N) is 5. The molecule has 124 valence electrons. The first-order valence-corrected chi connectivity index (χ1v) is 8.38. The van der Waals surface area contributed by atoms with Crippen LogP contribution in [0.3, 0.4) is 0 Å². The first-order valence-electron chi connectivity index (χ1n) is 7.21. The highest BCUT2D eigenvalue weighted by atomic mass is 79.9. The van der Waals surface area contributed by atoms with Crippen LogP contribution >= 0.6 is 27.5 Å². The zero-order chi connectivity index (χ0) is 16.9. The third kappa shape index (κ3) is 4.42. The maximum absolute atomic E-state index is 11.9. The minimum atomic E-state index is -0.169. The Labute approximate surface area is 151 Å². The molecule has 24 heavy (non-hydrogen) atoms. The molecule has 0 aliphatic heterocycles. The molecule has 0 saturated carbocycles. The van der Waals surface area contributed by atoms with Gasteiger partial charge in [0.05, 0.1) is 17.2 Å². The van der Waals surface area contributed by atoms with Gasteiger partial charge in [0.2, 0.25) is 11.9 Å². The lowest BCUT2D eigenvalue weighted by Crippen LogP contribution is -2.16. The van der Waals surface area contributed by atoms with Crippen molar-refractivity contribution in [3.63, 3.8) is 0 Å². The van der Waals surface area contributed by atoms with Gasteiger partial charge >= 0.3 is 0 Å². The van der Waals surface area contributed by atoms with Crippen molar-refractivity contribution in [2.45, 2.75) is 19.5 Å². The van der Waals surface area contributed by atoms with Crippen molar-refractivity contribution in [3.05, 3.63) is 58.0 Å². The van der Waals surface area contributed by atoms with E-state index in [0.29, 0.717) is 18.1 Å². The van der Waals surface area contributed by atoms with E-state index in [9.17, 15) is 4.79 Å². The number of carbonyl (C=O) groups excluding carboxylic acids is 1. The molecule has 0 aliphatic carbocycles. The Balaban J connectivity index is 1.53. The van der Waals surface area contributed by atoms with Crippen LogP contribution in [0.1, 0.15) is 12.0 Å². The van der Waals surface area contributed by atoms with Crippen molar-refractivity contribution < 1.29 is 4.79 Å². The normalized spacial score (nSPS) is 10.8. The molecule has 0 spiro atoms. The zero-order valence-corrected chi connectivity index (χ0v) is 14.9. The standard InChI is InChI=1S/C15H14BrClN6O/c16-12-7-19-22(9-12)6-5-14(24)20-15-18-10-23(21-15)8-11-3-1-2-4-13(11)17/h1-4,7,9-10H,5-6,8H2,(H,20,21,24). The van der Waals surface area contributed by atoms with Gasteiger partial charge in [-0.2, -0.15) is 5.10 Å². The maximum Gasteiger partial charge on any atom is 0.248 e. The van der Waals surface area contributed by atoms with E-state index in [1.807, 2.05) is 30.5 Å². The molecule has 0 saturated heterocycles. The van der Waals surface area contributed by atoms with Crippen LogP contribution < -0.4 is 5.32 Å². The van der Waals surface area contributed by atoms with Gasteiger partial charge in [-0.05, 0) is 27.6 Å². The fourth-order valence-corrected chi connectivity index (χ4v) is 2.62. The summed E-state index contributed by atoms with van der Waals surface area (Å²) >= 11 is 9.44. The predicted octanol–water partition coefficient (Wildman–Crippen LogP) is 2.97. The lowest BCUT2D eigenvalue weighted by atomic mass is 10.2. The monoisotopic (exact) mass is 408 g/mol. The number of aryl methyl sites for hydroxylation is 1. The second kappa shape index (κ2) is 7.59. The number of rotatable bonds is 6. The predicted molar refractivity (Wildman–Crippen MR) is 93.7 cm³/mol. The van der Waals surface area contributed by atoms with E-state index in [4.69, 9.17) is 11.6 Å². The maximum atomic E-state index is 11.9. The van der Waals surface area contributed by atoms with Gasteiger partial charge in [-0.3, -0.25) is 14.8 Å². The molecule has 2 heterocycles. The van der Waals surface area contributed by atoms with Gasteiger partial charge in [0.25, 0.3) is 0 Å². The number of benzene rings is 1. The summed E-state index contributed by atoms with van der Waals surface area (Å²) in [6.45, 7) is 0.974. The molecule has 0 unspecified atom stereocenters. The van der Waals surface area contributed by atoms with Crippen molar-refractivity contribution in [2.75, 3.05) is 5.32 Å². The number of hydrogen-bond acceptors (Lipinski definition) is 4. The quantitative estimate of drug-likeness (QED) is 0.679. The Kier molecular flexibility index (Phi) is 5.27. The van der Waals surface area contributed by atoms with Gasteiger partial charge < -0.3 is 0 Å². The summed E-state index contributed by atoms with van der Waals surface area (Å²) < 4.78 is 4.19.